The molecule has 0 radical (unpaired) electrons. The molecule has 0 fully saturated rings. The Morgan fingerprint density at radius 2 is 0.818 bits per heavy atom. The molecule has 2 aromatic carbocycles. The lowest BCUT2D eigenvalue weighted by Gasteiger charge is -2.23. The van der Waals surface area contributed by atoms with Gasteiger partial charge in [-0.3, -0.25) is 0 Å². The maximum Gasteiger partial charge on any atom is 0.235 e. The first kappa shape index (κ1) is 25.9. The van der Waals surface area contributed by atoms with Crippen LogP contribution in [-0.2, 0) is 27.0 Å². The van der Waals surface area contributed by atoms with Crippen molar-refractivity contribution in [2.45, 2.75) is 77.5 Å². The van der Waals surface area contributed by atoms with Gasteiger partial charge in [0.05, 0.1) is 28.2 Å². The van der Waals surface area contributed by atoms with E-state index in [4.69, 9.17) is 0 Å². The van der Waals surface area contributed by atoms with E-state index in [-0.39, 0.29) is 5.54 Å². The molecule has 0 saturated heterocycles. The summed E-state index contributed by atoms with van der Waals surface area (Å²) in [4.78, 5) is 28.1. The highest BCUT2D eigenvalue weighted by atomic mass is 16.1. The van der Waals surface area contributed by atoms with Crippen LogP contribution < -0.4 is 0 Å². The molecule has 0 aromatic heterocycles. The smallest absolute Gasteiger partial charge is 0.233 e. The molecule has 5 heteroatoms. The zero-order valence-electron chi connectivity index (χ0n) is 21.0. The van der Waals surface area contributed by atoms with Gasteiger partial charge in [-0.15, -0.1) is 0 Å². The molecule has 0 aliphatic carbocycles. The molecule has 0 aliphatic heterocycles. The van der Waals surface area contributed by atoms with Crippen LogP contribution in [0, 0.1) is 0 Å². The summed E-state index contributed by atoms with van der Waals surface area (Å²) in [7, 11) is 0. The molecule has 0 bridgehead atoms. The topological polar surface area (TPSA) is 66.5 Å². The van der Waals surface area contributed by atoms with Crippen molar-refractivity contribution >= 4 is 18.0 Å². The van der Waals surface area contributed by atoms with Crippen LogP contribution in [0.25, 0.3) is 0 Å². The van der Waals surface area contributed by atoms with Crippen molar-refractivity contribution < 1.29 is 4.79 Å². The number of hydrogen-bond donors (Lipinski definition) is 0. The predicted octanol–water partition coefficient (Wildman–Crippen LogP) is 6.69. The highest BCUT2D eigenvalue weighted by molar-refractivity contribution is 5.49. The van der Waals surface area contributed by atoms with E-state index in [1.54, 1.807) is 6.08 Å². The summed E-state index contributed by atoms with van der Waals surface area (Å²) in [5, 5.41) is 0. The van der Waals surface area contributed by atoms with Gasteiger partial charge in [0.2, 0.25) is 6.08 Å². The zero-order valence-corrected chi connectivity index (χ0v) is 21.0. The fourth-order valence-electron chi connectivity index (χ4n) is 3.42. The number of hydrogen-bond acceptors (Lipinski definition) is 5. The SMILES string of the molecule is C=C=NC(C)(C)c1ccc(C(C)(C)N=C=NC(C)(C)c2ccc(C(C)(C)N=C=O)cc2)cc1. The summed E-state index contributed by atoms with van der Waals surface area (Å²) in [6, 6.07) is 19.1. The maximum absolute atomic E-state index is 10.7. The van der Waals surface area contributed by atoms with Crippen molar-refractivity contribution in [3.63, 3.8) is 0 Å². The third kappa shape index (κ3) is 6.34. The van der Waals surface area contributed by atoms with E-state index in [0.29, 0.717) is 0 Å². The van der Waals surface area contributed by atoms with E-state index in [9.17, 15) is 4.79 Å². The molecule has 0 heterocycles. The van der Waals surface area contributed by atoms with Crippen LogP contribution in [0.1, 0.15) is 77.6 Å². The Bertz CT molecular complexity index is 1040. The lowest BCUT2D eigenvalue weighted by Crippen LogP contribution is -2.18. The van der Waals surface area contributed by atoms with E-state index in [1.165, 1.54) is 0 Å². The van der Waals surface area contributed by atoms with Gasteiger partial charge in [0.1, 0.15) is 0 Å². The Kier molecular flexibility index (Phi) is 7.57. The minimum Gasteiger partial charge on any atom is -0.233 e. The molecular formula is C28H34N4O. The second-order valence-electron chi connectivity index (χ2n) is 10.2. The number of aliphatic imine (C=N–C) groups is 4. The van der Waals surface area contributed by atoms with E-state index in [2.05, 4.69) is 62.7 Å². The van der Waals surface area contributed by atoms with Gasteiger partial charge in [0, 0.05) is 0 Å². The average molecular weight is 443 g/mol. The van der Waals surface area contributed by atoms with Gasteiger partial charge >= 0.3 is 0 Å². The summed E-state index contributed by atoms with van der Waals surface area (Å²) >= 11 is 0. The molecule has 33 heavy (non-hydrogen) atoms. The van der Waals surface area contributed by atoms with E-state index < -0.39 is 16.6 Å². The van der Waals surface area contributed by atoms with E-state index >= 15 is 0 Å². The number of carbonyl (C=O) groups excluding carboxylic acids is 1. The second-order valence-corrected chi connectivity index (χ2v) is 10.2. The first-order valence-corrected chi connectivity index (χ1v) is 11.0. The van der Waals surface area contributed by atoms with Gasteiger partial charge < -0.3 is 0 Å². The van der Waals surface area contributed by atoms with Crippen LogP contribution in [0.2, 0.25) is 0 Å². The fraction of sp³-hybridized carbons (Fsp3) is 0.429. The summed E-state index contributed by atoms with van der Waals surface area (Å²) in [6.45, 7) is 19.5. The number of nitrogens with zero attached hydrogens (tertiary/aromatic N) is 4. The molecule has 0 atom stereocenters. The van der Waals surface area contributed by atoms with Gasteiger partial charge in [-0.25, -0.2) is 19.8 Å². The largest absolute Gasteiger partial charge is 0.235 e. The highest BCUT2D eigenvalue weighted by Gasteiger charge is 2.24. The molecule has 0 aliphatic rings. The van der Waals surface area contributed by atoms with Gasteiger partial charge in [-0.05, 0) is 90.1 Å². The monoisotopic (exact) mass is 442 g/mol. The molecular weight excluding hydrogens is 408 g/mol. The van der Waals surface area contributed by atoms with E-state index in [0.717, 1.165) is 22.3 Å². The summed E-state index contributed by atoms with van der Waals surface area (Å²) < 4.78 is 0. The molecule has 0 amide bonds. The standard InChI is InChI=1S/C28H34N4O/c1-10-29-25(2,3)21-11-13-22(14-12-21)26(4,5)30-19-31-27(6,7)23-15-17-24(18-16-23)28(8,9)32-20-33/h11-18H,1H2,2-9H3. The Hall–Kier alpha value is -3.35. The van der Waals surface area contributed by atoms with Crippen LogP contribution in [0.4, 0.5) is 0 Å². The normalized spacial score (nSPS) is 12.1. The average Bonchev–Trinajstić information content (AvgIpc) is 2.73. The third-order valence-electron chi connectivity index (χ3n) is 5.94. The summed E-state index contributed by atoms with van der Waals surface area (Å²) in [5.74, 6) is 2.64. The fourth-order valence-corrected chi connectivity index (χ4v) is 3.42. The van der Waals surface area contributed by atoms with Gasteiger partial charge in [0.25, 0.3) is 0 Å². The van der Waals surface area contributed by atoms with Crippen molar-refractivity contribution in [3.05, 3.63) is 77.4 Å². The Balaban J connectivity index is 2.26. The maximum atomic E-state index is 10.7. The second kappa shape index (κ2) is 9.65. The van der Waals surface area contributed by atoms with Crippen LogP contribution in [-0.4, -0.2) is 18.0 Å². The Labute approximate surface area is 197 Å². The van der Waals surface area contributed by atoms with Crippen molar-refractivity contribution in [3.8, 4) is 0 Å². The Morgan fingerprint density at radius 3 is 1.09 bits per heavy atom. The van der Waals surface area contributed by atoms with Crippen molar-refractivity contribution in [2.24, 2.45) is 20.0 Å². The lowest BCUT2D eigenvalue weighted by molar-refractivity contribution is 0.520. The summed E-state index contributed by atoms with van der Waals surface area (Å²) in [5.41, 5.74) is 2.14. The molecule has 2 rings (SSSR count). The lowest BCUT2D eigenvalue weighted by atomic mass is 9.89. The quantitative estimate of drug-likeness (QED) is 0.332. The van der Waals surface area contributed by atoms with Crippen molar-refractivity contribution in [1.82, 2.24) is 0 Å². The van der Waals surface area contributed by atoms with Crippen molar-refractivity contribution in [2.75, 3.05) is 0 Å². The predicted molar refractivity (Wildman–Crippen MR) is 136 cm³/mol. The molecule has 0 spiro atoms. The molecule has 5 nitrogen and oxygen atoms in total. The van der Waals surface area contributed by atoms with Crippen LogP contribution in [0.5, 0.6) is 0 Å². The Morgan fingerprint density at radius 1 is 0.545 bits per heavy atom. The first-order chi connectivity index (χ1) is 15.2. The molecule has 2 aromatic rings. The highest BCUT2D eigenvalue weighted by Crippen LogP contribution is 2.31. The number of rotatable bonds is 8. The van der Waals surface area contributed by atoms with Crippen LogP contribution in [0.15, 0.2) is 75.1 Å². The van der Waals surface area contributed by atoms with Gasteiger partial charge in [-0.2, -0.15) is 4.99 Å². The summed E-state index contributed by atoms with van der Waals surface area (Å²) in [6.07, 6.45) is 1.65. The third-order valence-corrected chi connectivity index (χ3v) is 5.94. The minimum absolute atomic E-state index is 0.372. The molecule has 172 valence electrons. The molecule has 0 unspecified atom stereocenters. The van der Waals surface area contributed by atoms with Crippen LogP contribution in [0.3, 0.4) is 0 Å². The molecule has 0 saturated carbocycles. The number of benzene rings is 2. The first-order valence-electron chi connectivity index (χ1n) is 11.0. The van der Waals surface area contributed by atoms with Gasteiger partial charge in [-0.1, -0.05) is 48.5 Å². The van der Waals surface area contributed by atoms with Crippen molar-refractivity contribution in [1.29, 1.82) is 0 Å². The zero-order chi connectivity index (χ0) is 24.9. The van der Waals surface area contributed by atoms with Gasteiger partial charge in [0.15, 0.2) is 0 Å². The number of isocyanates is 1. The molecule has 0 N–H and O–H groups in total. The van der Waals surface area contributed by atoms with Crippen LogP contribution >= 0.6 is 0 Å². The van der Waals surface area contributed by atoms with E-state index in [1.807, 2.05) is 79.7 Å². The minimum atomic E-state index is -0.609.